The number of hydrogen-bond acceptors (Lipinski definition) is 6. The van der Waals surface area contributed by atoms with Gasteiger partial charge in [0.05, 0.1) is 0 Å². The van der Waals surface area contributed by atoms with Gasteiger partial charge in [-0.1, -0.05) is 0 Å². The van der Waals surface area contributed by atoms with E-state index in [1.165, 1.54) is 0 Å². The first-order chi connectivity index (χ1) is 7.13. The summed E-state index contributed by atoms with van der Waals surface area (Å²) < 4.78 is 15.0. The molecule has 84 valence electrons. The molecule has 5 nitrogen and oxygen atoms in total. The Labute approximate surface area is 92.2 Å². The highest BCUT2D eigenvalue weighted by atomic mass is 32.2. The molecule has 0 aromatic rings. The summed E-state index contributed by atoms with van der Waals surface area (Å²) >= 11 is 1.03. The Kier molecular flexibility index (Phi) is 4.51. The van der Waals surface area contributed by atoms with Crippen molar-refractivity contribution < 1.29 is 19.0 Å². The number of rotatable bonds is 4. The maximum atomic E-state index is 11.1. The summed E-state index contributed by atoms with van der Waals surface area (Å²) in [5.74, 6) is 1.78. The molecule has 1 rings (SSSR count). The number of carbonyl (C=O) groups is 1. The number of carbonyl (C=O) groups excluding carboxylic acids is 1. The Morgan fingerprint density at radius 1 is 1.60 bits per heavy atom. The third-order valence-corrected chi connectivity index (χ3v) is 2.35. The minimum absolute atomic E-state index is 0.0568. The van der Waals surface area contributed by atoms with E-state index in [1.807, 2.05) is 0 Å². The first-order valence-corrected chi connectivity index (χ1v) is 5.36. The summed E-state index contributed by atoms with van der Waals surface area (Å²) in [6.45, 7) is 5.70. The van der Waals surface area contributed by atoms with Crippen LogP contribution in [-0.4, -0.2) is 24.2 Å². The number of thioether (sulfide) groups is 1. The zero-order valence-electron chi connectivity index (χ0n) is 8.45. The van der Waals surface area contributed by atoms with Crippen molar-refractivity contribution in [3.05, 3.63) is 24.0 Å². The molecular formula is C9H13NO4S. The minimum atomic E-state index is -0.373. The lowest BCUT2D eigenvalue weighted by Gasteiger charge is -2.03. The van der Waals surface area contributed by atoms with E-state index in [2.05, 4.69) is 6.58 Å². The van der Waals surface area contributed by atoms with Gasteiger partial charge in [-0.15, -0.1) is 0 Å². The smallest absolute Gasteiger partial charge is 0.367 e. The van der Waals surface area contributed by atoms with Gasteiger partial charge in [0.25, 0.3) is 5.95 Å². The molecule has 0 saturated heterocycles. The van der Waals surface area contributed by atoms with Gasteiger partial charge in [0.2, 0.25) is 0 Å². The fraction of sp³-hybridized carbons (Fsp3) is 0.444. The number of hydrogen-bond donors (Lipinski definition) is 1. The number of allylic oxidation sites excluding steroid dienone is 1. The lowest BCUT2D eigenvalue weighted by atomic mass is 10.4. The molecule has 15 heavy (non-hydrogen) atoms. The molecule has 1 aliphatic heterocycles. The van der Waals surface area contributed by atoms with E-state index in [4.69, 9.17) is 19.9 Å². The van der Waals surface area contributed by atoms with Gasteiger partial charge in [0, 0.05) is 12.3 Å². The lowest BCUT2D eigenvalue weighted by molar-refractivity contribution is 0.143. The highest BCUT2D eigenvalue weighted by Crippen LogP contribution is 2.23. The third-order valence-electron chi connectivity index (χ3n) is 1.56. The van der Waals surface area contributed by atoms with Crippen LogP contribution in [0, 0.1) is 0 Å². The second kappa shape index (κ2) is 5.67. The maximum Gasteiger partial charge on any atom is 0.367 e. The van der Waals surface area contributed by atoms with Crippen LogP contribution in [0.5, 0.6) is 0 Å². The first kappa shape index (κ1) is 11.9. The van der Waals surface area contributed by atoms with E-state index in [-0.39, 0.29) is 17.9 Å². The van der Waals surface area contributed by atoms with E-state index >= 15 is 0 Å². The predicted molar refractivity (Wildman–Crippen MR) is 56.9 cm³/mol. The van der Waals surface area contributed by atoms with Crippen molar-refractivity contribution in [3.8, 4) is 0 Å². The Bertz CT molecular complexity index is 300. The highest BCUT2D eigenvalue weighted by Gasteiger charge is 2.19. The summed E-state index contributed by atoms with van der Waals surface area (Å²) in [5.41, 5.74) is 5.24. The normalized spacial score (nSPS) is 14.9. The lowest BCUT2D eigenvalue weighted by Crippen LogP contribution is -2.07. The molecule has 0 radical (unpaired) electrons. The molecule has 0 aromatic heterocycles. The maximum absolute atomic E-state index is 11.1. The van der Waals surface area contributed by atoms with Gasteiger partial charge in [0.1, 0.15) is 5.76 Å². The number of ether oxygens (including phenoxy) is 3. The Balaban J connectivity index is 2.28. The zero-order chi connectivity index (χ0) is 11.3. The molecule has 1 heterocycles. The summed E-state index contributed by atoms with van der Waals surface area (Å²) in [6.07, 6.45) is 0. The largest absolute Gasteiger partial charge is 0.449 e. The molecule has 0 bridgehead atoms. The summed E-state index contributed by atoms with van der Waals surface area (Å²) in [7, 11) is 0. The molecule has 0 spiro atoms. The van der Waals surface area contributed by atoms with Crippen LogP contribution < -0.4 is 5.73 Å². The van der Waals surface area contributed by atoms with Crippen molar-refractivity contribution in [2.24, 2.45) is 5.73 Å². The predicted octanol–water partition coefficient (Wildman–Crippen LogP) is 1.56. The van der Waals surface area contributed by atoms with Crippen molar-refractivity contribution in [1.29, 1.82) is 0 Å². The van der Waals surface area contributed by atoms with Gasteiger partial charge in [-0.2, -0.15) is 0 Å². The molecule has 2 N–H and O–H groups in total. The van der Waals surface area contributed by atoms with Gasteiger partial charge < -0.3 is 19.9 Å². The van der Waals surface area contributed by atoms with E-state index in [1.54, 1.807) is 6.92 Å². The van der Waals surface area contributed by atoms with E-state index in [0.717, 1.165) is 11.8 Å². The molecule has 0 aromatic carbocycles. The monoisotopic (exact) mass is 231 g/mol. The first-order valence-electron chi connectivity index (χ1n) is 4.37. The second-order valence-electron chi connectivity index (χ2n) is 2.73. The fourth-order valence-electron chi connectivity index (χ4n) is 0.897. The molecule has 0 aliphatic carbocycles. The Morgan fingerprint density at radius 2 is 2.33 bits per heavy atom. The summed E-state index contributed by atoms with van der Waals surface area (Å²) in [5, 5.41) is -0.373. The van der Waals surface area contributed by atoms with Crippen LogP contribution in [-0.2, 0) is 14.2 Å². The standard InChI is InChI=1S/C9H13NO4S/c1-6-8(14-7(2)13-6)5-12-9(11)15-4-3-10/h2-5,10H2,1H3. The van der Waals surface area contributed by atoms with Gasteiger partial charge >= 0.3 is 5.30 Å². The average Bonchev–Trinajstić information content (AvgIpc) is 2.51. The molecule has 0 amide bonds. The third kappa shape index (κ3) is 3.85. The molecule has 0 unspecified atom stereocenters. The number of nitrogens with two attached hydrogens (primary N) is 1. The topological polar surface area (TPSA) is 70.8 Å². The quantitative estimate of drug-likeness (QED) is 0.740. The van der Waals surface area contributed by atoms with E-state index in [9.17, 15) is 4.79 Å². The summed E-state index contributed by atoms with van der Waals surface area (Å²) in [4.78, 5) is 11.1. The molecule has 0 atom stereocenters. The molecule has 0 fully saturated rings. The minimum Gasteiger partial charge on any atom is -0.449 e. The fourth-order valence-corrected chi connectivity index (χ4v) is 1.32. The van der Waals surface area contributed by atoms with Crippen LogP contribution >= 0.6 is 11.8 Å². The molecule has 6 heteroatoms. The Hall–Kier alpha value is -1.14. The van der Waals surface area contributed by atoms with Crippen LogP contribution in [0.25, 0.3) is 0 Å². The van der Waals surface area contributed by atoms with Crippen LogP contribution in [0.3, 0.4) is 0 Å². The molecule has 0 saturated carbocycles. The van der Waals surface area contributed by atoms with Crippen LogP contribution in [0.2, 0.25) is 0 Å². The second-order valence-corrected chi connectivity index (χ2v) is 3.76. The highest BCUT2D eigenvalue weighted by molar-refractivity contribution is 8.13. The van der Waals surface area contributed by atoms with E-state index in [0.29, 0.717) is 23.8 Å². The molecule has 1 aliphatic rings. The van der Waals surface area contributed by atoms with E-state index < -0.39 is 0 Å². The van der Waals surface area contributed by atoms with Crippen LogP contribution in [0.4, 0.5) is 4.79 Å². The van der Waals surface area contributed by atoms with Crippen molar-refractivity contribution in [3.63, 3.8) is 0 Å². The van der Waals surface area contributed by atoms with Crippen molar-refractivity contribution in [2.75, 3.05) is 18.9 Å². The van der Waals surface area contributed by atoms with Crippen LogP contribution in [0.1, 0.15) is 6.92 Å². The molecular weight excluding hydrogens is 218 g/mol. The van der Waals surface area contributed by atoms with Gasteiger partial charge in [-0.05, 0) is 25.3 Å². The zero-order valence-corrected chi connectivity index (χ0v) is 9.26. The average molecular weight is 231 g/mol. The van der Waals surface area contributed by atoms with Gasteiger partial charge in [-0.25, -0.2) is 4.79 Å². The van der Waals surface area contributed by atoms with Crippen LogP contribution in [0.15, 0.2) is 24.0 Å². The van der Waals surface area contributed by atoms with Gasteiger partial charge in [0.15, 0.2) is 12.4 Å². The van der Waals surface area contributed by atoms with Crippen molar-refractivity contribution in [2.45, 2.75) is 6.92 Å². The van der Waals surface area contributed by atoms with Crippen molar-refractivity contribution >= 4 is 17.1 Å². The van der Waals surface area contributed by atoms with Gasteiger partial charge in [-0.3, -0.25) is 0 Å². The summed E-state index contributed by atoms with van der Waals surface area (Å²) in [6, 6.07) is 0. The van der Waals surface area contributed by atoms with Crippen molar-refractivity contribution in [1.82, 2.24) is 0 Å². The Morgan fingerprint density at radius 3 is 2.87 bits per heavy atom. The SMILES string of the molecule is C=C1OC(C)=C(COC(=O)SCCN)O1.